The minimum atomic E-state index is -3.59. The molecule has 2 atom stereocenters. The van der Waals surface area contributed by atoms with Gasteiger partial charge in [-0.05, 0) is 11.8 Å². The molecule has 0 saturated carbocycles. The summed E-state index contributed by atoms with van der Waals surface area (Å²) in [5.74, 6) is 0. The second kappa shape index (κ2) is 6.10. The fourth-order valence-corrected chi connectivity index (χ4v) is 1.90. The van der Waals surface area contributed by atoms with Gasteiger partial charge in [-0.1, -0.05) is 20.8 Å². The van der Waals surface area contributed by atoms with Crippen LogP contribution in [0, 0.1) is 5.41 Å². The second-order valence-corrected chi connectivity index (χ2v) is 7.32. The molecule has 0 aliphatic rings. The van der Waals surface area contributed by atoms with E-state index in [9.17, 15) is 13.5 Å². The van der Waals surface area contributed by atoms with E-state index in [2.05, 4.69) is 4.72 Å². The third-order valence-electron chi connectivity index (χ3n) is 2.52. The highest BCUT2D eigenvalue weighted by Crippen LogP contribution is 2.22. The molecule has 0 saturated heterocycles. The maximum Gasteiger partial charge on any atom is 0.279 e. The molecule has 17 heavy (non-hydrogen) atoms. The molecule has 0 unspecified atom stereocenters. The van der Waals surface area contributed by atoms with Gasteiger partial charge in [0.1, 0.15) is 0 Å². The summed E-state index contributed by atoms with van der Waals surface area (Å²) < 4.78 is 26.5. The molecule has 0 rings (SSSR count). The van der Waals surface area contributed by atoms with Crippen LogP contribution in [0.1, 0.15) is 27.2 Å². The standard InChI is InChI=1S/C10H24N2O4S/c1-10(2,3)9(14)6-8(7-13)11-17(15,16)12(4)5/h8-9,11,13-14H,6-7H2,1-5H3/t8-,9+/m0/s1. The molecule has 7 heteroatoms. The molecule has 0 aromatic heterocycles. The summed E-state index contributed by atoms with van der Waals surface area (Å²) in [7, 11) is -0.789. The maximum atomic E-state index is 11.6. The first kappa shape index (κ1) is 16.8. The van der Waals surface area contributed by atoms with Gasteiger partial charge in [-0.3, -0.25) is 0 Å². The molecule has 104 valence electrons. The Morgan fingerprint density at radius 1 is 1.29 bits per heavy atom. The lowest BCUT2D eigenvalue weighted by molar-refractivity contribution is 0.0419. The van der Waals surface area contributed by atoms with Gasteiger partial charge in [0.15, 0.2) is 0 Å². The van der Waals surface area contributed by atoms with Crippen molar-refractivity contribution in [3.63, 3.8) is 0 Å². The van der Waals surface area contributed by atoms with E-state index in [0.717, 1.165) is 4.31 Å². The Labute approximate surface area is 104 Å². The fourth-order valence-electron chi connectivity index (χ4n) is 1.10. The van der Waals surface area contributed by atoms with Gasteiger partial charge in [0.25, 0.3) is 10.2 Å². The quantitative estimate of drug-likeness (QED) is 0.608. The molecule has 3 N–H and O–H groups in total. The highest BCUT2D eigenvalue weighted by Gasteiger charge is 2.27. The van der Waals surface area contributed by atoms with Gasteiger partial charge in [0.2, 0.25) is 0 Å². The van der Waals surface area contributed by atoms with Crippen LogP contribution in [-0.4, -0.2) is 55.8 Å². The largest absolute Gasteiger partial charge is 0.395 e. The molecule has 0 bridgehead atoms. The van der Waals surface area contributed by atoms with Crippen molar-refractivity contribution in [2.75, 3.05) is 20.7 Å². The van der Waals surface area contributed by atoms with Crippen molar-refractivity contribution in [2.24, 2.45) is 5.41 Å². The summed E-state index contributed by atoms with van der Waals surface area (Å²) in [6, 6.07) is -0.684. The molecular weight excluding hydrogens is 244 g/mol. The Hall–Kier alpha value is -0.210. The molecule has 0 aromatic rings. The molecule has 0 heterocycles. The number of rotatable bonds is 6. The summed E-state index contributed by atoms with van der Waals surface area (Å²) in [6.45, 7) is 5.21. The zero-order valence-corrected chi connectivity index (χ0v) is 12.0. The minimum Gasteiger partial charge on any atom is -0.395 e. The SMILES string of the molecule is CN(C)S(=O)(=O)N[C@H](CO)C[C@@H](O)C(C)(C)C. The number of nitrogens with one attached hydrogen (secondary N) is 1. The zero-order chi connectivity index (χ0) is 13.9. The van der Waals surface area contributed by atoms with E-state index in [0.29, 0.717) is 0 Å². The average Bonchev–Trinajstić information content (AvgIpc) is 2.14. The topological polar surface area (TPSA) is 89.9 Å². The Kier molecular flexibility index (Phi) is 6.03. The molecule has 0 fully saturated rings. The highest BCUT2D eigenvalue weighted by atomic mass is 32.2. The first-order valence-electron chi connectivity index (χ1n) is 5.49. The molecule has 6 nitrogen and oxygen atoms in total. The smallest absolute Gasteiger partial charge is 0.279 e. The van der Waals surface area contributed by atoms with E-state index in [-0.39, 0.29) is 18.4 Å². The lowest BCUT2D eigenvalue weighted by Gasteiger charge is -2.29. The third-order valence-corrected chi connectivity index (χ3v) is 4.12. The van der Waals surface area contributed by atoms with Gasteiger partial charge >= 0.3 is 0 Å². The van der Waals surface area contributed by atoms with Crippen LogP contribution in [0.15, 0.2) is 0 Å². The lowest BCUT2D eigenvalue weighted by Crippen LogP contribution is -2.46. The predicted molar refractivity (Wildman–Crippen MR) is 66.7 cm³/mol. The number of hydrogen-bond donors (Lipinski definition) is 3. The van der Waals surface area contributed by atoms with Crippen molar-refractivity contribution in [3.05, 3.63) is 0 Å². The van der Waals surface area contributed by atoms with Gasteiger partial charge in [0, 0.05) is 20.1 Å². The van der Waals surface area contributed by atoms with Crippen molar-refractivity contribution in [3.8, 4) is 0 Å². The monoisotopic (exact) mass is 268 g/mol. The van der Waals surface area contributed by atoms with Gasteiger partial charge in [-0.15, -0.1) is 0 Å². The van der Waals surface area contributed by atoms with Crippen LogP contribution in [0.4, 0.5) is 0 Å². The van der Waals surface area contributed by atoms with Crippen molar-refractivity contribution in [1.82, 2.24) is 9.03 Å². The van der Waals surface area contributed by atoms with E-state index in [4.69, 9.17) is 5.11 Å². The Bertz CT molecular complexity index is 322. The number of aliphatic hydroxyl groups excluding tert-OH is 2. The summed E-state index contributed by atoms with van der Waals surface area (Å²) in [6.07, 6.45) is -0.517. The van der Waals surface area contributed by atoms with E-state index >= 15 is 0 Å². The molecule has 0 aromatic carbocycles. The van der Waals surface area contributed by atoms with Crippen LogP contribution >= 0.6 is 0 Å². The van der Waals surface area contributed by atoms with Crippen LogP contribution in [0.25, 0.3) is 0 Å². The second-order valence-electron chi connectivity index (χ2n) is 5.40. The Balaban J connectivity index is 4.57. The van der Waals surface area contributed by atoms with Gasteiger partial charge in [0.05, 0.1) is 12.7 Å². The van der Waals surface area contributed by atoms with Crippen molar-refractivity contribution < 1.29 is 18.6 Å². The summed E-state index contributed by atoms with van der Waals surface area (Å²) in [4.78, 5) is 0. The van der Waals surface area contributed by atoms with E-state index in [1.165, 1.54) is 14.1 Å². The lowest BCUT2D eigenvalue weighted by atomic mass is 9.86. The van der Waals surface area contributed by atoms with E-state index < -0.39 is 22.4 Å². The van der Waals surface area contributed by atoms with E-state index in [1.807, 2.05) is 20.8 Å². The Morgan fingerprint density at radius 3 is 2.06 bits per heavy atom. The molecule has 0 amide bonds. The van der Waals surface area contributed by atoms with Gasteiger partial charge < -0.3 is 10.2 Å². The van der Waals surface area contributed by atoms with Crippen LogP contribution in [0.3, 0.4) is 0 Å². The van der Waals surface area contributed by atoms with Crippen molar-refractivity contribution in [2.45, 2.75) is 39.3 Å². The number of nitrogens with zero attached hydrogens (tertiary/aromatic N) is 1. The molecule has 0 aliphatic heterocycles. The highest BCUT2D eigenvalue weighted by molar-refractivity contribution is 7.87. The van der Waals surface area contributed by atoms with Crippen LogP contribution < -0.4 is 4.72 Å². The number of aliphatic hydroxyl groups is 2. The van der Waals surface area contributed by atoms with Gasteiger partial charge in [-0.2, -0.15) is 17.4 Å². The summed E-state index contributed by atoms with van der Waals surface area (Å²) in [5, 5.41) is 19.0. The fraction of sp³-hybridized carbons (Fsp3) is 1.00. The van der Waals surface area contributed by atoms with Crippen LogP contribution in [0.2, 0.25) is 0 Å². The molecular formula is C10H24N2O4S. The maximum absolute atomic E-state index is 11.6. The summed E-state index contributed by atoms with van der Waals surface area (Å²) in [5.41, 5.74) is -0.350. The van der Waals surface area contributed by atoms with Gasteiger partial charge in [-0.25, -0.2) is 0 Å². The van der Waals surface area contributed by atoms with Crippen LogP contribution in [0.5, 0.6) is 0 Å². The van der Waals surface area contributed by atoms with Crippen molar-refractivity contribution in [1.29, 1.82) is 0 Å². The predicted octanol–water partition coefficient (Wildman–Crippen LogP) is -0.460. The summed E-state index contributed by atoms with van der Waals surface area (Å²) >= 11 is 0. The number of hydrogen-bond acceptors (Lipinski definition) is 4. The molecule has 0 spiro atoms. The Morgan fingerprint density at radius 2 is 1.76 bits per heavy atom. The minimum absolute atomic E-state index is 0.174. The molecule has 0 radical (unpaired) electrons. The molecule has 0 aliphatic carbocycles. The zero-order valence-electron chi connectivity index (χ0n) is 11.1. The first-order valence-corrected chi connectivity index (χ1v) is 6.93. The third kappa shape index (κ3) is 5.78. The average molecular weight is 268 g/mol. The van der Waals surface area contributed by atoms with Crippen LogP contribution in [-0.2, 0) is 10.2 Å². The first-order chi connectivity index (χ1) is 7.50. The normalized spacial score (nSPS) is 17.2. The van der Waals surface area contributed by atoms with Crippen molar-refractivity contribution >= 4 is 10.2 Å². The van der Waals surface area contributed by atoms with E-state index in [1.54, 1.807) is 0 Å².